The van der Waals surface area contributed by atoms with Crippen molar-refractivity contribution >= 4 is 5.91 Å². The number of ether oxygens (including phenoxy) is 1. The Hall–Kier alpha value is -1.55. The largest absolute Gasteiger partial charge is 0.484 e. The van der Waals surface area contributed by atoms with Gasteiger partial charge in [-0.1, -0.05) is 32.4 Å². The first-order valence-corrected chi connectivity index (χ1v) is 7.73. The summed E-state index contributed by atoms with van der Waals surface area (Å²) >= 11 is 0. The highest BCUT2D eigenvalue weighted by Gasteiger charge is 2.27. The van der Waals surface area contributed by atoms with Crippen molar-refractivity contribution in [1.82, 2.24) is 5.32 Å². The summed E-state index contributed by atoms with van der Waals surface area (Å²) in [5.74, 6) is 1.27. The van der Waals surface area contributed by atoms with Crippen LogP contribution in [0, 0.1) is 5.92 Å². The van der Waals surface area contributed by atoms with Gasteiger partial charge in [-0.2, -0.15) is 0 Å². The average molecular weight is 291 g/mol. The Balaban J connectivity index is 1.78. The number of amides is 1. The Labute approximate surface area is 126 Å². The monoisotopic (exact) mass is 291 g/mol. The predicted molar refractivity (Wildman–Crippen MR) is 82.4 cm³/mol. The molecule has 0 spiro atoms. The number of benzene rings is 1. The van der Waals surface area contributed by atoms with Crippen LogP contribution in [0.4, 0.5) is 0 Å². The lowest BCUT2D eigenvalue weighted by molar-refractivity contribution is -0.124. The van der Waals surface area contributed by atoms with E-state index in [1.807, 2.05) is 24.3 Å². The molecule has 4 nitrogen and oxygen atoms in total. The molecule has 2 unspecified atom stereocenters. The van der Waals surface area contributed by atoms with Gasteiger partial charge in [0.25, 0.3) is 5.91 Å². The number of rotatable bonds is 6. The fourth-order valence-corrected chi connectivity index (χ4v) is 2.79. The molecule has 1 aromatic carbocycles. The number of aliphatic hydroxyl groups is 1. The molecule has 21 heavy (non-hydrogen) atoms. The van der Waals surface area contributed by atoms with Crippen LogP contribution in [0.1, 0.15) is 44.6 Å². The zero-order valence-corrected chi connectivity index (χ0v) is 12.8. The topological polar surface area (TPSA) is 58.6 Å². The van der Waals surface area contributed by atoms with Crippen molar-refractivity contribution in [2.45, 2.75) is 45.1 Å². The van der Waals surface area contributed by atoms with Crippen molar-refractivity contribution in [2.24, 2.45) is 5.92 Å². The minimum Gasteiger partial charge on any atom is -0.484 e. The van der Waals surface area contributed by atoms with Crippen LogP contribution >= 0.6 is 0 Å². The van der Waals surface area contributed by atoms with E-state index in [1.54, 1.807) is 0 Å². The molecular weight excluding hydrogens is 266 g/mol. The standard InChI is InChI=1S/C17H25NO3/c1-12(2)13-6-8-15(9-7-13)21-11-17(20)18-16-5-3-4-14(16)10-19/h6-9,12,14,16,19H,3-5,10-11H2,1-2H3,(H,18,20). The first kappa shape index (κ1) is 15.8. The summed E-state index contributed by atoms with van der Waals surface area (Å²) in [4.78, 5) is 11.9. The van der Waals surface area contributed by atoms with Crippen molar-refractivity contribution in [1.29, 1.82) is 0 Å². The highest BCUT2D eigenvalue weighted by molar-refractivity contribution is 5.77. The Morgan fingerprint density at radius 1 is 1.33 bits per heavy atom. The Morgan fingerprint density at radius 2 is 2.05 bits per heavy atom. The third kappa shape index (κ3) is 4.46. The third-order valence-corrected chi connectivity index (χ3v) is 4.16. The van der Waals surface area contributed by atoms with E-state index < -0.39 is 0 Å². The lowest BCUT2D eigenvalue weighted by Gasteiger charge is -2.19. The summed E-state index contributed by atoms with van der Waals surface area (Å²) in [7, 11) is 0. The lowest BCUT2D eigenvalue weighted by atomic mass is 10.0. The lowest BCUT2D eigenvalue weighted by Crippen LogP contribution is -2.40. The van der Waals surface area contributed by atoms with E-state index in [0.29, 0.717) is 11.7 Å². The van der Waals surface area contributed by atoms with Gasteiger partial charge in [-0.3, -0.25) is 4.79 Å². The first-order chi connectivity index (χ1) is 10.1. The highest BCUT2D eigenvalue weighted by atomic mass is 16.5. The first-order valence-electron chi connectivity index (χ1n) is 7.73. The second-order valence-corrected chi connectivity index (χ2v) is 6.06. The number of aliphatic hydroxyl groups excluding tert-OH is 1. The molecule has 1 aromatic rings. The van der Waals surface area contributed by atoms with Gasteiger partial charge >= 0.3 is 0 Å². The molecule has 1 amide bonds. The third-order valence-electron chi connectivity index (χ3n) is 4.16. The number of carbonyl (C=O) groups is 1. The summed E-state index contributed by atoms with van der Waals surface area (Å²) in [6.45, 7) is 4.45. The van der Waals surface area contributed by atoms with Crippen LogP contribution in [0.2, 0.25) is 0 Å². The van der Waals surface area contributed by atoms with E-state index >= 15 is 0 Å². The Bertz CT molecular complexity index is 456. The minimum atomic E-state index is -0.117. The molecule has 0 radical (unpaired) electrons. The maximum atomic E-state index is 11.9. The van der Waals surface area contributed by atoms with Crippen LogP contribution in [0.15, 0.2) is 24.3 Å². The summed E-state index contributed by atoms with van der Waals surface area (Å²) in [5.41, 5.74) is 1.25. The van der Waals surface area contributed by atoms with Gasteiger partial charge in [-0.05, 0) is 36.5 Å². The average Bonchev–Trinajstić information content (AvgIpc) is 2.92. The van der Waals surface area contributed by atoms with Crippen LogP contribution in [0.25, 0.3) is 0 Å². The number of hydrogen-bond acceptors (Lipinski definition) is 3. The fraction of sp³-hybridized carbons (Fsp3) is 0.588. The van der Waals surface area contributed by atoms with Gasteiger partial charge in [0, 0.05) is 18.6 Å². The smallest absolute Gasteiger partial charge is 0.258 e. The molecule has 4 heteroatoms. The van der Waals surface area contributed by atoms with E-state index in [9.17, 15) is 9.90 Å². The van der Waals surface area contributed by atoms with E-state index in [4.69, 9.17) is 4.74 Å². The molecule has 0 aliphatic heterocycles. The highest BCUT2D eigenvalue weighted by Crippen LogP contribution is 2.25. The maximum Gasteiger partial charge on any atom is 0.258 e. The van der Waals surface area contributed by atoms with Gasteiger partial charge in [0.1, 0.15) is 5.75 Å². The van der Waals surface area contributed by atoms with Crippen molar-refractivity contribution in [3.8, 4) is 5.75 Å². The SMILES string of the molecule is CC(C)c1ccc(OCC(=O)NC2CCCC2CO)cc1. The van der Waals surface area contributed by atoms with Crippen LogP contribution in [-0.4, -0.2) is 30.3 Å². The summed E-state index contributed by atoms with van der Waals surface area (Å²) < 4.78 is 5.51. The zero-order chi connectivity index (χ0) is 15.2. The molecule has 1 fully saturated rings. The van der Waals surface area contributed by atoms with Crippen molar-refractivity contribution in [3.05, 3.63) is 29.8 Å². The van der Waals surface area contributed by atoms with Gasteiger partial charge in [0.05, 0.1) is 0 Å². The van der Waals surface area contributed by atoms with Gasteiger partial charge in [-0.15, -0.1) is 0 Å². The number of carbonyl (C=O) groups excluding carboxylic acids is 1. The molecule has 2 atom stereocenters. The van der Waals surface area contributed by atoms with Crippen LogP contribution < -0.4 is 10.1 Å². The summed E-state index contributed by atoms with van der Waals surface area (Å²) in [5, 5.41) is 12.2. The van der Waals surface area contributed by atoms with Crippen molar-refractivity contribution in [3.63, 3.8) is 0 Å². The van der Waals surface area contributed by atoms with Gasteiger partial charge in [-0.25, -0.2) is 0 Å². The molecule has 2 N–H and O–H groups in total. The van der Waals surface area contributed by atoms with E-state index in [1.165, 1.54) is 5.56 Å². The molecule has 2 rings (SSSR count). The van der Waals surface area contributed by atoms with E-state index in [0.717, 1.165) is 19.3 Å². The second-order valence-electron chi connectivity index (χ2n) is 6.06. The van der Waals surface area contributed by atoms with E-state index in [2.05, 4.69) is 19.2 Å². The molecular formula is C17H25NO3. The predicted octanol–water partition coefficient (Wildman–Crippen LogP) is 2.47. The van der Waals surface area contributed by atoms with Gasteiger partial charge in [0.2, 0.25) is 0 Å². The molecule has 1 aliphatic rings. The Kier molecular flexibility index (Phi) is 5.62. The van der Waals surface area contributed by atoms with Crippen molar-refractivity contribution < 1.29 is 14.6 Å². The van der Waals surface area contributed by atoms with Gasteiger partial charge < -0.3 is 15.2 Å². The fourth-order valence-electron chi connectivity index (χ4n) is 2.79. The molecule has 0 saturated heterocycles. The summed E-state index contributed by atoms with van der Waals surface area (Å²) in [6, 6.07) is 7.94. The van der Waals surface area contributed by atoms with E-state index in [-0.39, 0.29) is 31.1 Å². The molecule has 116 valence electrons. The minimum absolute atomic E-state index is 0.0235. The quantitative estimate of drug-likeness (QED) is 0.846. The second kappa shape index (κ2) is 7.46. The normalized spacial score (nSPS) is 21.5. The van der Waals surface area contributed by atoms with Crippen LogP contribution in [0.3, 0.4) is 0 Å². The molecule has 1 saturated carbocycles. The number of nitrogens with one attached hydrogen (secondary N) is 1. The van der Waals surface area contributed by atoms with Crippen LogP contribution in [-0.2, 0) is 4.79 Å². The molecule has 1 aliphatic carbocycles. The van der Waals surface area contributed by atoms with Gasteiger partial charge in [0.15, 0.2) is 6.61 Å². The maximum absolute atomic E-state index is 11.9. The van der Waals surface area contributed by atoms with Crippen LogP contribution in [0.5, 0.6) is 5.75 Å². The summed E-state index contributed by atoms with van der Waals surface area (Å²) in [6.07, 6.45) is 2.99. The molecule has 0 aromatic heterocycles. The van der Waals surface area contributed by atoms with Crippen molar-refractivity contribution in [2.75, 3.05) is 13.2 Å². The molecule has 0 heterocycles. The Morgan fingerprint density at radius 3 is 2.67 bits per heavy atom. The molecule has 0 bridgehead atoms. The number of hydrogen-bond donors (Lipinski definition) is 2. The zero-order valence-electron chi connectivity index (χ0n) is 12.8.